The molecule has 21 heavy (non-hydrogen) atoms. The molecule has 0 aliphatic heterocycles. The van der Waals surface area contributed by atoms with E-state index < -0.39 is 6.16 Å². The van der Waals surface area contributed by atoms with Crippen LogP contribution in [0.2, 0.25) is 0 Å². The maximum atomic E-state index is 11.8. The van der Waals surface area contributed by atoms with Crippen LogP contribution in [-0.4, -0.2) is 6.16 Å². The molecule has 3 nitrogen and oxygen atoms in total. The number of carbonyl (C=O) groups excluding carboxylic acids is 1. The summed E-state index contributed by atoms with van der Waals surface area (Å²) >= 11 is 0. The molecule has 0 heterocycles. The lowest BCUT2D eigenvalue weighted by atomic mass is 10.1. The normalized spacial score (nSPS) is 13.0. The van der Waals surface area contributed by atoms with Gasteiger partial charge in [0.25, 0.3) is 0 Å². The average Bonchev–Trinajstić information content (AvgIpc) is 2.82. The van der Waals surface area contributed by atoms with E-state index in [1.54, 1.807) is 0 Å². The third-order valence-electron chi connectivity index (χ3n) is 3.49. The van der Waals surface area contributed by atoms with Crippen molar-refractivity contribution in [3.63, 3.8) is 0 Å². The molecule has 0 aromatic heterocycles. The Hall–Kier alpha value is -2.55. The van der Waals surface area contributed by atoms with Crippen LogP contribution in [0.1, 0.15) is 23.6 Å². The third-order valence-corrected chi connectivity index (χ3v) is 3.49. The second-order valence-corrected chi connectivity index (χ2v) is 5.07. The lowest BCUT2D eigenvalue weighted by molar-refractivity contribution is 0.0841. The molecule has 0 saturated heterocycles. The lowest BCUT2D eigenvalue weighted by Gasteiger charge is -2.09. The average molecular weight is 280 g/mol. The summed E-state index contributed by atoms with van der Waals surface area (Å²) in [6.07, 6.45) is 0.155. The van der Waals surface area contributed by atoms with Crippen LogP contribution in [-0.2, 0) is 22.5 Å². The molecule has 1 aliphatic carbocycles. The van der Waals surface area contributed by atoms with Crippen LogP contribution in [0.25, 0.3) is 5.76 Å². The fourth-order valence-corrected chi connectivity index (χ4v) is 2.46. The molecule has 0 radical (unpaired) electrons. The molecular weight excluding hydrogens is 264 g/mol. The van der Waals surface area contributed by atoms with Gasteiger partial charge in [0.1, 0.15) is 12.4 Å². The van der Waals surface area contributed by atoms with E-state index >= 15 is 0 Å². The van der Waals surface area contributed by atoms with Gasteiger partial charge in [-0.1, -0.05) is 54.6 Å². The Kier molecular flexibility index (Phi) is 3.73. The van der Waals surface area contributed by atoms with Gasteiger partial charge in [-0.3, -0.25) is 0 Å². The van der Waals surface area contributed by atoms with E-state index in [2.05, 4.69) is 0 Å². The largest absolute Gasteiger partial charge is 0.514 e. The summed E-state index contributed by atoms with van der Waals surface area (Å²) in [5.41, 5.74) is 4.15. The zero-order valence-corrected chi connectivity index (χ0v) is 11.8. The molecule has 1 aliphatic rings. The number of fused-ring (bicyclic) bond motifs is 1. The van der Waals surface area contributed by atoms with Gasteiger partial charge in [-0.15, -0.1) is 0 Å². The van der Waals surface area contributed by atoms with Crippen molar-refractivity contribution in [2.45, 2.75) is 20.0 Å². The van der Waals surface area contributed by atoms with Crippen LogP contribution in [0, 0.1) is 0 Å². The summed E-state index contributed by atoms with van der Waals surface area (Å²) in [7, 11) is 0. The number of hydrogen-bond donors (Lipinski definition) is 0. The summed E-state index contributed by atoms with van der Waals surface area (Å²) < 4.78 is 10.5. The fourth-order valence-electron chi connectivity index (χ4n) is 2.46. The first-order valence-electron chi connectivity index (χ1n) is 6.90. The Morgan fingerprint density at radius 1 is 1.05 bits per heavy atom. The maximum absolute atomic E-state index is 11.8. The maximum Gasteiger partial charge on any atom is 0.514 e. The molecule has 0 atom stereocenters. The highest BCUT2D eigenvalue weighted by atomic mass is 16.7. The van der Waals surface area contributed by atoms with Gasteiger partial charge < -0.3 is 9.47 Å². The van der Waals surface area contributed by atoms with E-state index in [9.17, 15) is 4.79 Å². The molecule has 2 aromatic carbocycles. The minimum Gasteiger partial charge on any atom is -0.429 e. The second kappa shape index (κ2) is 5.83. The van der Waals surface area contributed by atoms with Crippen LogP contribution < -0.4 is 0 Å². The molecule has 0 fully saturated rings. The number of allylic oxidation sites excluding steroid dienone is 1. The molecular formula is C18H16O3. The van der Waals surface area contributed by atoms with Crippen LogP contribution in [0.4, 0.5) is 4.79 Å². The summed E-state index contributed by atoms with van der Waals surface area (Å²) in [6.45, 7) is 2.19. The van der Waals surface area contributed by atoms with Gasteiger partial charge in [0.05, 0.1) is 0 Å². The van der Waals surface area contributed by atoms with Crippen molar-refractivity contribution in [3.05, 3.63) is 76.9 Å². The van der Waals surface area contributed by atoms with Crippen LogP contribution in [0.3, 0.4) is 0 Å². The third kappa shape index (κ3) is 2.97. The van der Waals surface area contributed by atoms with E-state index in [0.29, 0.717) is 5.76 Å². The molecule has 0 spiro atoms. The summed E-state index contributed by atoms with van der Waals surface area (Å²) in [4.78, 5) is 11.8. The van der Waals surface area contributed by atoms with E-state index in [4.69, 9.17) is 9.47 Å². The van der Waals surface area contributed by atoms with Gasteiger partial charge >= 0.3 is 6.16 Å². The van der Waals surface area contributed by atoms with Crippen LogP contribution in [0.5, 0.6) is 0 Å². The Morgan fingerprint density at radius 2 is 1.76 bits per heavy atom. The molecule has 0 unspecified atom stereocenters. The van der Waals surface area contributed by atoms with E-state index in [0.717, 1.165) is 23.1 Å². The van der Waals surface area contributed by atoms with Crippen molar-refractivity contribution >= 4 is 11.9 Å². The van der Waals surface area contributed by atoms with Gasteiger partial charge in [0.2, 0.25) is 0 Å². The Bertz CT molecular complexity index is 687. The Balaban J connectivity index is 1.64. The molecule has 0 amide bonds. The summed E-state index contributed by atoms with van der Waals surface area (Å²) in [6, 6.07) is 17.5. The van der Waals surface area contributed by atoms with Crippen LogP contribution in [0.15, 0.2) is 60.2 Å². The zero-order valence-electron chi connectivity index (χ0n) is 11.8. The van der Waals surface area contributed by atoms with Gasteiger partial charge in [-0.25, -0.2) is 4.79 Å². The quantitative estimate of drug-likeness (QED) is 0.785. The van der Waals surface area contributed by atoms with Gasteiger partial charge in [-0.2, -0.15) is 0 Å². The molecule has 2 aromatic rings. The first-order chi connectivity index (χ1) is 10.2. The van der Waals surface area contributed by atoms with Crippen molar-refractivity contribution in [1.82, 2.24) is 0 Å². The standard InChI is InChI=1S/C18H16O3/c1-13-11-15-9-5-6-10-16(15)17(13)21-18(19)20-12-14-7-3-2-4-8-14/h2-10H,11-12H2,1H3. The number of ether oxygens (including phenoxy) is 2. The predicted octanol–water partition coefficient (Wildman–Crippen LogP) is 4.33. The zero-order chi connectivity index (χ0) is 14.7. The number of benzene rings is 2. The minimum absolute atomic E-state index is 0.216. The molecule has 3 heteroatoms. The molecule has 3 rings (SSSR count). The van der Waals surface area contributed by atoms with Gasteiger partial charge in [0, 0.05) is 5.56 Å². The monoisotopic (exact) mass is 280 g/mol. The van der Waals surface area contributed by atoms with Crippen molar-refractivity contribution in [2.75, 3.05) is 0 Å². The van der Waals surface area contributed by atoms with Gasteiger partial charge in [-0.05, 0) is 30.0 Å². The predicted molar refractivity (Wildman–Crippen MR) is 80.5 cm³/mol. The van der Waals surface area contributed by atoms with E-state index in [-0.39, 0.29) is 6.61 Å². The number of carbonyl (C=O) groups is 1. The molecule has 0 bridgehead atoms. The SMILES string of the molecule is CC1=C(OC(=O)OCc2ccccc2)c2ccccc2C1. The first-order valence-corrected chi connectivity index (χ1v) is 6.90. The van der Waals surface area contributed by atoms with Crippen molar-refractivity contribution in [3.8, 4) is 0 Å². The van der Waals surface area contributed by atoms with Crippen molar-refractivity contribution in [2.24, 2.45) is 0 Å². The fraction of sp³-hybridized carbons (Fsp3) is 0.167. The number of hydrogen-bond acceptors (Lipinski definition) is 3. The Labute approximate surface area is 123 Å². The topological polar surface area (TPSA) is 35.5 Å². The van der Waals surface area contributed by atoms with Crippen molar-refractivity contribution < 1.29 is 14.3 Å². The summed E-state index contributed by atoms with van der Waals surface area (Å²) in [5, 5.41) is 0. The highest BCUT2D eigenvalue weighted by molar-refractivity contribution is 5.78. The highest BCUT2D eigenvalue weighted by Crippen LogP contribution is 2.33. The first kappa shape index (κ1) is 13.4. The van der Waals surface area contributed by atoms with E-state index in [1.165, 1.54) is 5.56 Å². The molecule has 106 valence electrons. The molecule has 0 saturated carbocycles. The second-order valence-electron chi connectivity index (χ2n) is 5.07. The minimum atomic E-state index is -0.662. The molecule has 0 N–H and O–H groups in total. The number of rotatable bonds is 3. The van der Waals surface area contributed by atoms with E-state index in [1.807, 2.05) is 61.5 Å². The lowest BCUT2D eigenvalue weighted by Crippen LogP contribution is -2.07. The highest BCUT2D eigenvalue weighted by Gasteiger charge is 2.22. The smallest absolute Gasteiger partial charge is 0.429 e. The van der Waals surface area contributed by atoms with Crippen molar-refractivity contribution in [1.29, 1.82) is 0 Å². The van der Waals surface area contributed by atoms with Crippen LogP contribution >= 0.6 is 0 Å². The summed E-state index contributed by atoms with van der Waals surface area (Å²) in [5.74, 6) is 0.628. The Morgan fingerprint density at radius 3 is 2.57 bits per heavy atom. The van der Waals surface area contributed by atoms with Gasteiger partial charge in [0.15, 0.2) is 0 Å².